The predicted octanol–water partition coefficient (Wildman–Crippen LogP) is 3.15. The van der Waals surface area contributed by atoms with Crippen LogP contribution < -0.4 is 5.50 Å². The molecule has 0 saturated heterocycles. The Morgan fingerprint density at radius 3 is 2.65 bits per heavy atom. The van der Waals surface area contributed by atoms with Crippen LogP contribution in [0.4, 0.5) is 0 Å². The number of hydrogen-bond donors (Lipinski definition) is 3. The lowest BCUT2D eigenvalue weighted by Crippen LogP contribution is -1.98. The number of aromatic nitrogens is 2. The van der Waals surface area contributed by atoms with E-state index in [9.17, 15) is 4.57 Å². The number of benzene rings is 1. The average molecular weight is 422 g/mol. The summed E-state index contributed by atoms with van der Waals surface area (Å²) in [6, 6.07) is 6.42. The van der Waals surface area contributed by atoms with Crippen LogP contribution in [-0.2, 0) is 4.57 Å². The van der Waals surface area contributed by atoms with E-state index in [4.69, 9.17) is 14.2 Å². The number of imidazole rings is 1. The van der Waals surface area contributed by atoms with Gasteiger partial charge < -0.3 is 19.2 Å². The summed E-state index contributed by atoms with van der Waals surface area (Å²) in [6.45, 7) is 0. The van der Waals surface area contributed by atoms with E-state index in [2.05, 4.69) is 41.8 Å². The third-order valence-electron chi connectivity index (χ3n) is 2.62. The van der Waals surface area contributed by atoms with Gasteiger partial charge in [0.1, 0.15) is 5.52 Å². The second-order valence-corrected chi connectivity index (χ2v) is 7.35. The molecular weight excluding hydrogens is 415 g/mol. The molecule has 9 heteroatoms. The largest absolute Gasteiger partial charge is 0.445 e. The maximum atomic E-state index is 11.1. The van der Waals surface area contributed by atoms with Gasteiger partial charge in [0.2, 0.25) is 5.50 Å². The molecule has 0 spiro atoms. The van der Waals surface area contributed by atoms with Crippen molar-refractivity contribution in [3.63, 3.8) is 0 Å². The van der Waals surface area contributed by atoms with Crippen molar-refractivity contribution in [1.29, 1.82) is 0 Å². The molecule has 104 valence electrons. The third-order valence-corrected chi connectivity index (χ3v) is 4.49. The molecule has 0 bridgehead atoms. The van der Waals surface area contributed by atoms with E-state index in [0.717, 1.165) is 14.5 Å². The minimum Gasteiger partial charge on any atom is -0.445 e. The second-order valence-electron chi connectivity index (χ2n) is 4.05. The number of rotatable bonds is 2. The summed E-state index contributed by atoms with van der Waals surface area (Å²) in [6.07, 6.45) is 0. The molecule has 0 fully saturated rings. The minimum absolute atomic E-state index is 0.266. The Balaban J connectivity index is 2.13. The third kappa shape index (κ3) is 2.49. The minimum atomic E-state index is -4.39. The zero-order chi connectivity index (χ0) is 14.5. The molecule has 2 heterocycles. The summed E-state index contributed by atoms with van der Waals surface area (Å²) in [7, 11) is -4.39. The molecule has 1 aromatic carbocycles. The van der Waals surface area contributed by atoms with Crippen LogP contribution in [0, 0.1) is 0 Å². The Bertz CT molecular complexity index is 851. The maximum absolute atomic E-state index is 11.1. The molecule has 2 aromatic heterocycles. The number of hydrogen-bond acceptors (Lipinski definition) is 3. The van der Waals surface area contributed by atoms with Gasteiger partial charge >= 0.3 is 7.60 Å². The highest BCUT2D eigenvalue weighted by atomic mass is 79.9. The summed E-state index contributed by atoms with van der Waals surface area (Å²) in [4.78, 5) is 25.5. The number of aromatic amines is 1. The van der Waals surface area contributed by atoms with Crippen LogP contribution in [0.2, 0.25) is 0 Å². The fourth-order valence-corrected chi connectivity index (χ4v) is 3.57. The molecule has 0 aliphatic carbocycles. The van der Waals surface area contributed by atoms with Gasteiger partial charge in [-0.2, -0.15) is 0 Å². The first-order chi connectivity index (χ1) is 9.34. The summed E-state index contributed by atoms with van der Waals surface area (Å²) in [5.41, 5.74) is 1.10. The first-order valence-corrected chi connectivity index (χ1v) is 8.55. The van der Waals surface area contributed by atoms with Crippen LogP contribution in [0.5, 0.6) is 0 Å². The molecule has 0 aliphatic heterocycles. The van der Waals surface area contributed by atoms with E-state index in [0.29, 0.717) is 11.3 Å². The number of furan rings is 1. The lowest BCUT2D eigenvalue weighted by atomic mass is 10.3. The van der Waals surface area contributed by atoms with Crippen LogP contribution in [0.3, 0.4) is 0 Å². The van der Waals surface area contributed by atoms with Gasteiger partial charge in [0, 0.05) is 8.95 Å². The Hall–Kier alpha value is -0.920. The Morgan fingerprint density at radius 2 is 2.00 bits per heavy atom. The zero-order valence-corrected chi connectivity index (χ0v) is 13.7. The van der Waals surface area contributed by atoms with Crippen LogP contribution in [-0.4, -0.2) is 19.8 Å². The highest BCUT2D eigenvalue weighted by Crippen LogP contribution is 2.36. The number of fused-ring (bicyclic) bond motifs is 1. The molecule has 0 radical (unpaired) electrons. The molecule has 3 aromatic rings. The van der Waals surface area contributed by atoms with Gasteiger partial charge in [0.15, 0.2) is 11.6 Å². The smallest absolute Gasteiger partial charge is 0.391 e. The SMILES string of the molecule is O=P(O)(O)c1ccc(-c2nc3c(Br)cc(Br)cc3[nH]2)o1. The van der Waals surface area contributed by atoms with E-state index < -0.39 is 7.60 Å². The van der Waals surface area contributed by atoms with Crippen molar-refractivity contribution in [3.8, 4) is 11.6 Å². The van der Waals surface area contributed by atoms with Gasteiger partial charge in [-0.15, -0.1) is 0 Å². The molecular formula is C11H7Br2N2O4P. The second kappa shape index (κ2) is 4.82. The predicted molar refractivity (Wildman–Crippen MR) is 80.9 cm³/mol. The molecule has 0 saturated carbocycles. The lowest BCUT2D eigenvalue weighted by molar-refractivity contribution is 0.377. The first-order valence-electron chi connectivity index (χ1n) is 5.35. The van der Waals surface area contributed by atoms with E-state index >= 15 is 0 Å². The standard InChI is InChI=1S/C11H7Br2N2O4P/c12-5-3-6(13)10-7(4-5)14-11(15-10)8-1-2-9(19-8)20(16,17)18/h1-4H,(H,14,15)(H2,16,17,18). The number of nitrogens with one attached hydrogen (secondary N) is 1. The van der Waals surface area contributed by atoms with Gasteiger partial charge in [0.05, 0.1) is 5.52 Å². The van der Waals surface area contributed by atoms with Crippen LogP contribution in [0.1, 0.15) is 0 Å². The van der Waals surface area contributed by atoms with Crippen molar-refractivity contribution >= 4 is 56.0 Å². The van der Waals surface area contributed by atoms with Crippen LogP contribution >= 0.6 is 39.5 Å². The van der Waals surface area contributed by atoms with E-state index in [1.807, 2.05) is 12.1 Å². The molecule has 0 amide bonds. The van der Waals surface area contributed by atoms with E-state index in [1.165, 1.54) is 12.1 Å². The van der Waals surface area contributed by atoms with Gasteiger partial charge in [0.25, 0.3) is 0 Å². The van der Waals surface area contributed by atoms with Gasteiger partial charge in [-0.05, 0) is 40.2 Å². The zero-order valence-electron chi connectivity index (χ0n) is 9.67. The summed E-state index contributed by atoms with van der Waals surface area (Å²) < 4.78 is 17.9. The molecule has 0 unspecified atom stereocenters. The molecule has 0 aliphatic rings. The Morgan fingerprint density at radius 1 is 1.25 bits per heavy atom. The molecule has 3 N–H and O–H groups in total. The molecule has 20 heavy (non-hydrogen) atoms. The van der Waals surface area contributed by atoms with E-state index in [-0.39, 0.29) is 11.3 Å². The van der Waals surface area contributed by atoms with Gasteiger partial charge in [-0.3, -0.25) is 4.57 Å². The van der Waals surface area contributed by atoms with E-state index in [1.54, 1.807) is 0 Å². The van der Waals surface area contributed by atoms with Gasteiger partial charge in [-0.1, -0.05) is 15.9 Å². The summed E-state index contributed by atoms with van der Waals surface area (Å²) in [5.74, 6) is 0.668. The molecule has 0 atom stereocenters. The fraction of sp³-hybridized carbons (Fsp3) is 0. The number of nitrogens with zero attached hydrogens (tertiary/aromatic N) is 1. The van der Waals surface area contributed by atoms with Crippen LogP contribution in [0.25, 0.3) is 22.6 Å². The monoisotopic (exact) mass is 420 g/mol. The highest BCUT2D eigenvalue weighted by Gasteiger charge is 2.23. The fourth-order valence-electron chi connectivity index (χ4n) is 1.77. The number of H-pyrrole nitrogens is 1. The van der Waals surface area contributed by atoms with Gasteiger partial charge in [-0.25, -0.2) is 4.98 Å². The lowest BCUT2D eigenvalue weighted by Gasteiger charge is -1.97. The van der Waals surface area contributed by atoms with Crippen molar-refractivity contribution in [1.82, 2.24) is 9.97 Å². The summed E-state index contributed by atoms with van der Waals surface area (Å²) >= 11 is 6.78. The Labute approximate surface area is 129 Å². The van der Waals surface area contributed by atoms with Crippen molar-refractivity contribution in [3.05, 3.63) is 33.2 Å². The topological polar surface area (TPSA) is 99.4 Å². The quantitative estimate of drug-likeness (QED) is 0.552. The highest BCUT2D eigenvalue weighted by molar-refractivity contribution is 9.11. The molecule has 6 nitrogen and oxygen atoms in total. The number of halogens is 2. The van der Waals surface area contributed by atoms with Crippen molar-refractivity contribution < 1.29 is 18.8 Å². The average Bonchev–Trinajstić information content (AvgIpc) is 2.91. The summed E-state index contributed by atoms with van der Waals surface area (Å²) in [5, 5.41) is 0. The van der Waals surface area contributed by atoms with Crippen molar-refractivity contribution in [2.45, 2.75) is 0 Å². The maximum Gasteiger partial charge on any atom is 0.391 e. The normalized spacial score (nSPS) is 12.2. The van der Waals surface area contributed by atoms with Crippen molar-refractivity contribution in [2.75, 3.05) is 0 Å². The van der Waals surface area contributed by atoms with Crippen molar-refractivity contribution in [2.24, 2.45) is 0 Å². The Kier molecular flexibility index (Phi) is 3.38. The molecule has 3 rings (SSSR count). The first kappa shape index (κ1) is 14.0. The van der Waals surface area contributed by atoms with Crippen LogP contribution in [0.15, 0.2) is 37.6 Å².